The molecule has 1 aliphatic rings. The second-order valence-electron chi connectivity index (χ2n) is 6.43. The molecule has 0 N–H and O–H groups in total. The maximum absolute atomic E-state index is 12.5. The van der Waals surface area contributed by atoms with E-state index in [1.807, 2.05) is 23.6 Å². The summed E-state index contributed by atoms with van der Waals surface area (Å²) in [5.41, 5.74) is 2.20. The summed E-state index contributed by atoms with van der Waals surface area (Å²) in [5, 5.41) is 14.8. The first-order chi connectivity index (χ1) is 12.4. The highest BCUT2D eigenvalue weighted by molar-refractivity contribution is 5.79. The molecule has 2 aromatic rings. The van der Waals surface area contributed by atoms with Crippen molar-refractivity contribution < 1.29 is 14.2 Å². The molecule has 0 aliphatic carbocycles. The molecule has 0 aromatic carbocycles. The van der Waals surface area contributed by atoms with Crippen LogP contribution in [0.15, 0.2) is 16.8 Å². The summed E-state index contributed by atoms with van der Waals surface area (Å²) in [4.78, 5) is 31.1. The van der Waals surface area contributed by atoms with Crippen LogP contribution in [0.1, 0.15) is 22.6 Å². The number of piperazine rings is 1. The molecule has 0 saturated carbocycles. The van der Waals surface area contributed by atoms with Gasteiger partial charge in [0.1, 0.15) is 17.8 Å². The molecular formula is C17H21N5O4. The van der Waals surface area contributed by atoms with E-state index in [1.165, 1.54) is 6.20 Å². The van der Waals surface area contributed by atoms with E-state index in [1.54, 1.807) is 13.0 Å². The highest BCUT2D eigenvalue weighted by atomic mass is 16.6. The molecular weight excluding hydrogens is 338 g/mol. The monoisotopic (exact) mass is 359 g/mol. The van der Waals surface area contributed by atoms with E-state index in [4.69, 9.17) is 4.52 Å². The molecule has 1 saturated heterocycles. The van der Waals surface area contributed by atoms with Crippen molar-refractivity contribution in [1.29, 1.82) is 0 Å². The molecule has 138 valence electrons. The topological polar surface area (TPSA) is 106 Å². The summed E-state index contributed by atoms with van der Waals surface area (Å²) in [5.74, 6) is 1.43. The quantitative estimate of drug-likeness (QED) is 0.605. The van der Waals surface area contributed by atoms with Gasteiger partial charge in [-0.05, 0) is 26.8 Å². The van der Waals surface area contributed by atoms with E-state index in [0.717, 1.165) is 11.3 Å². The molecule has 0 bridgehead atoms. The minimum absolute atomic E-state index is 0.0158. The van der Waals surface area contributed by atoms with Crippen LogP contribution in [0.2, 0.25) is 0 Å². The fourth-order valence-electron chi connectivity index (χ4n) is 3.10. The lowest BCUT2D eigenvalue weighted by atomic mass is 10.1. The maximum Gasteiger partial charge on any atom is 0.290 e. The fraction of sp³-hybridized carbons (Fsp3) is 0.471. The van der Waals surface area contributed by atoms with Gasteiger partial charge < -0.3 is 14.3 Å². The maximum atomic E-state index is 12.5. The van der Waals surface area contributed by atoms with Gasteiger partial charge in [0.05, 0.1) is 17.0 Å². The van der Waals surface area contributed by atoms with E-state index in [2.05, 4.69) is 10.1 Å². The van der Waals surface area contributed by atoms with Crippen molar-refractivity contribution >= 4 is 17.4 Å². The fourth-order valence-corrected chi connectivity index (χ4v) is 3.10. The van der Waals surface area contributed by atoms with Crippen molar-refractivity contribution in [2.24, 2.45) is 0 Å². The SMILES string of the molecule is Cc1cc(N2CCN(C(=O)Cc3c(C)noc3C)CC2)ncc1[N+](=O)[O-]. The zero-order valence-corrected chi connectivity index (χ0v) is 15.1. The van der Waals surface area contributed by atoms with Gasteiger partial charge in [0.25, 0.3) is 5.69 Å². The predicted octanol–water partition coefficient (Wildman–Crippen LogP) is 1.79. The first-order valence-electron chi connectivity index (χ1n) is 8.42. The Morgan fingerprint density at radius 1 is 1.27 bits per heavy atom. The van der Waals surface area contributed by atoms with Crippen LogP contribution >= 0.6 is 0 Å². The van der Waals surface area contributed by atoms with Crippen LogP contribution in [0.5, 0.6) is 0 Å². The number of pyridine rings is 1. The van der Waals surface area contributed by atoms with Crippen molar-refractivity contribution in [2.45, 2.75) is 27.2 Å². The van der Waals surface area contributed by atoms with Crippen LogP contribution in [0, 0.1) is 30.9 Å². The average molecular weight is 359 g/mol. The van der Waals surface area contributed by atoms with Gasteiger partial charge in [-0.15, -0.1) is 0 Å². The summed E-state index contributed by atoms with van der Waals surface area (Å²) in [6.45, 7) is 7.78. The van der Waals surface area contributed by atoms with Gasteiger partial charge in [0.15, 0.2) is 0 Å². The number of carbonyl (C=O) groups is 1. The Hall–Kier alpha value is -2.97. The zero-order chi connectivity index (χ0) is 18.8. The number of rotatable bonds is 4. The Bertz CT molecular complexity index is 820. The first-order valence-corrected chi connectivity index (χ1v) is 8.42. The number of aryl methyl sites for hydroxylation is 3. The lowest BCUT2D eigenvalue weighted by molar-refractivity contribution is -0.385. The Morgan fingerprint density at radius 2 is 1.96 bits per heavy atom. The largest absolute Gasteiger partial charge is 0.361 e. The number of aromatic nitrogens is 2. The van der Waals surface area contributed by atoms with Crippen LogP contribution in [0.25, 0.3) is 0 Å². The summed E-state index contributed by atoms with van der Waals surface area (Å²) >= 11 is 0. The summed E-state index contributed by atoms with van der Waals surface area (Å²) in [6.07, 6.45) is 1.58. The van der Waals surface area contributed by atoms with E-state index >= 15 is 0 Å². The number of amides is 1. The molecule has 1 aliphatic heterocycles. The van der Waals surface area contributed by atoms with Gasteiger partial charge in [-0.3, -0.25) is 14.9 Å². The van der Waals surface area contributed by atoms with Crippen molar-refractivity contribution in [2.75, 3.05) is 31.1 Å². The molecule has 3 rings (SSSR count). The molecule has 1 amide bonds. The molecule has 9 heteroatoms. The lowest BCUT2D eigenvalue weighted by Gasteiger charge is -2.35. The number of carbonyl (C=O) groups excluding carboxylic acids is 1. The second-order valence-corrected chi connectivity index (χ2v) is 6.43. The van der Waals surface area contributed by atoms with Crippen molar-refractivity contribution in [3.05, 3.63) is 45.0 Å². The third-order valence-electron chi connectivity index (χ3n) is 4.73. The van der Waals surface area contributed by atoms with Crippen LogP contribution < -0.4 is 4.90 Å². The molecule has 0 unspecified atom stereocenters. The number of nitro groups is 1. The van der Waals surface area contributed by atoms with Gasteiger partial charge in [-0.2, -0.15) is 0 Å². The van der Waals surface area contributed by atoms with E-state index in [0.29, 0.717) is 43.3 Å². The normalized spacial score (nSPS) is 14.6. The minimum atomic E-state index is -0.433. The van der Waals surface area contributed by atoms with Crippen molar-refractivity contribution in [3.8, 4) is 0 Å². The molecule has 0 atom stereocenters. The van der Waals surface area contributed by atoms with Crippen LogP contribution in [-0.2, 0) is 11.2 Å². The van der Waals surface area contributed by atoms with Gasteiger partial charge in [-0.25, -0.2) is 4.98 Å². The Kier molecular flexibility index (Phi) is 4.88. The van der Waals surface area contributed by atoms with Crippen molar-refractivity contribution in [3.63, 3.8) is 0 Å². The first kappa shape index (κ1) is 17.8. The minimum Gasteiger partial charge on any atom is -0.361 e. The number of hydrogen-bond acceptors (Lipinski definition) is 7. The van der Waals surface area contributed by atoms with E-state index in [9.17, 15) is 14.9 Å². The molecule has 9 nitrogen and oxygen atoms in total. The number of anilines is 1. The predicted molar refractivity (Wildman–Crippen MR) is 94.1 cm³/mol. The van der Waals surface area contributed by atoms with Gasteiger partial charge in [0.2, 0.25) is 5.91 Å². The van der Waals surface area contributed by atoms with Crippen LogP contribution in [0.4, 0.5) is 11.5 Å². The highest BCUT2D eigenvalue weighted by Gasteiger charge is 2.24. The Morgan fingerprint density at radius 3 is 2.50 bits per heavy atom. The smallest absolute Gasteiger partial charge is 0.290 e. The van der Waals surface area contributed by atoms with E-state index in [-0.39, 0.29) is 18.0 Å². The number of hydrogen-bond donors (Lipinski definition) is 0. The summed E-state index contributed by atoms with van der Waals surface area (Å²) in [7, 11) is 0. The zero-order valence-electron chi connectivity index (χ0n) is 15.1. The number of nitrogens with zero attached hydrogens (tertiary/aromatic N) is 5. The molecule has 26 heavy (non-hydrogen) atoms. The van der Waals surface area contributed by atoms with Gasteiger partial charge in [0, 0.05) is 37.3 Å². The molecule has 2 aromatic heterocycles. The molecule has 0 spiro atoms. The molecule has 0 radical (unpaired) electrons. The van der Waals surface area contributed by atoms with Crippen LogP contribution in [0.3, 0.4) is 0 Å². The standard InChI is InChI=1S/C17H21N5O4/c1-11-8-16(18-10-15(11)22(24)25)20-4-6-21(7-5-20)17(23)9-14-12(2)19-26-13(14)3/h8,10H,4-7,9H2,1-3H3. The van der Waals surface area contributed by atoms with Gasteiger partial charge in [-0.1, -0.05) is 5.16 Å². The van der Waals surface area contributed by atoms with Gasteiger partial charge >= 0.3 is 0 Å². The van der Waals surface area contributed by atoms with E-state index < -0.39 is 4.92 Å². The Labute approximate surface area is 150 Å². The highest BCUT2D eigenvalue weighted by Crippen LogP contribution is 2.22. The molecule has 1 fully saturated rings. The third kappa shape index (κ3) is 3.51. The summed E-state index contributed by atoms with van der Waals surface area (Å²) in [6, 6.07) is 1.72. The van der Waals surface area contributed by atoms with Crippen molar-refractivity contribution in [1.82, 2.24) is 15.0 Å². The second kappa shape index (κ2) is 7.11. The third-order valence-corrected chi connectivity index (χ3v) is 4.73. The van der Waals surface area contributed by atoms with Crippen LogP contribution in [-0.4, -0.2) is 52.1 Å². The summed E-state index contributed by atoms with van der Waals surface area (Å²) < 4.78 is 5.11. The molecule has 3 heterocycles. The Balaban J connectivity index is 1.61. The average Bonchev–Trinajstić information content (AvgIpc) is 2.93. The lowest BCUT2D eigenvalue weighted by Crippen LogP contribution is -2.49.